The van der Waals surface area contributed by atoms with Crippen molar-refractivity contribution in [1.82, 2.24) is 10.2 Å². The van der Waals surface area contributed by atoms with Crippen LogP contribution in [0, 0.1) is 0 Å². The molecule has 0 fully saturated rings. The number of nitrogens with one attached hydrogen (secondary N) is 1. The van der Waals surface area contributed by atoms with Gasteiger partial charge >= 0.3 is 0 Å². The minimum atomic E-state index is 0.909. The van der Waals surface area contributed by atoms with Gasteiger partial charge in [0.2, 0.25) is 0 Å². The second-order valence-electron chi connectivity index (χ2n) is 4.33. The minimum Gasteiger partial charge on any atom is -0.357 e. The zero-order valence-corrected chi connectivity index (χ0v) is 13.8. The predicted octanol–water partition coefficient (Wildman–Crippen LogP) is 2.94. The summed E-state index contributed by atoms with van der Waals surface area (Å²) >= 11 is 3.71. The summed E-state index contributed by atoms with van der Waals surface area (Å²) < 4.78 is 0. The van der Waals surface area contributed by atoms with Crippen molar-refractivity contribution in [3.05, 3.63) is 22.4 Å². The van der Waals surface area contributed by atoms with Gasteiger partial charge in [-0.1, -0.05) is 6.07 Å². The van der Waals surface area contributed by atoms with Crippen molar-refractivity contribution in [2.45, 2.75) is 19.8 Å². The fourth-order valence-corrected chi connectivity index (χ4v) is 2.82. The highest BCUT2D eigenvalue weighted by Gasteiger charge is 2.05. The summed E-state index contributed by atoms with van der Waals surface area (Å²) in [5.41, 5.74) is 0. The van der Waals surface area contributed by atoms with E-state index in [4.69, 9.17) is 0 Å². The molecule has 0 bridgehead atoms. The van der Waals surface area contributed by atoms with Gasteiger partial charge in [0.15, 0.2) is 5.96 Å². The lowest BCUT2D eigenvalue weighted by atomic mass is 10.3. The monoisotopic (exact) mass is 299 g/mol. The molecule has 108 valence electrons. The van der Waals surface area contributed by atoms with Crippen LogP contribution >= 0.6 is 23.1 Å². The van der Waals surface area contributed by atoms with Gasteiger partial charge in [0.05, 0.1) is 0 Å². The molecule has 0 amide bonds. The quantitative estimate of drug-likeness (QED) is 0.454. The molecule has 0 aliphatic carbocycles. The Labute approximate surface area is 125 Å². The van der Waals surface area contributed by atoms with Gasteiger partial charge in [0.25, 0.3) is 0 Å². The standard InChI is InChI=1S/C14H25N3S2/c1-4-15-14(16-9-6-11-18-3)17(2)10-8-13-7-5-12-19-13/h5,7,12H,4,6,8-11H2,1-3H3,(H,15,16). The zero-order chi connectivity index (χ0) is 13.9. The molecule has 0 spiro atoms. The Balaban J connectivity index is 2.40. The van der Waals surface area contributed by atoms with E-state index in [2.05, 4.69) is 52.9 Å². The Morgan fingerprint density at radius 2 is 2.37 bits per heavy atom. The largest absolute Gasteiger partial charge is 0.357 e. The number of aliphatic imine (C=N–C) groups is 1. The molecule has 1 aromatic rings. The molecular formula is C14H25N3S2. The predicted molar refractivity (Wildman–Crippen MR) is 89.6 cm³/mol. The van der Waals surface area contributed by atoms with Crippen LogP contribution in [0.2, 0.25) is 0 Å². The number of likely N-dealkylation sites (N-methyl/N-ethyl adjacent to an activating group) is 1. The summed E-state index contributed by atoms with van der Waals surface area (Å²) in [6, 6.07) is 4.31. The van der Waals surface area contributed by atoms with Crippen LogP contribution in [-0.2, 0) is 6.42 Å². The van der Waals surface area contributed by atoms with Crippen molar-refractivity contribution in [1.29, 1.82) is 0 Å². The maximum Gasteiger partial charge on any atom is 0.193 e. The van der Waals surface area contributed by atoms with E-state index < -0.39 is 0 Å². The fourth-order valence-electron chi connectivity index (χ4n) is 1.70. The van der Waals surface area contributed by atoms with Gasteiger partial charge in [-0.25, -0.2) is 0 Å². The average molecular weight is 300 g/mol. The Morgan fingerprint density at radius 1 is 1.53 bits per heavy atom. The molecule has 0 saturated heterocycles. The van der Waals surface area contributed by atoms with Crippen LogP contribution in [0.5, 0.6) is 0 Å². The van der Waals surface area contributed by atoms with Gasteiger partial charge in [0, 0.05) is 31.6 Å². The molecule has 0 unspecified atom stereocenters. The highest BCUT2D eigenvalue weighted by atomic mass is 32.2. The van der Waals surface area contributed by atoms with E-state index >= 15 is 0 Å². The van der Waals surface area contributed by atoms with Crippen LogP contribution < -0.4 is 5.32 Å². The highest BCUT2D eigenvalue weighted by molar-refractivity contribution is 7.98. The first kappa shape index (κ1) is 16.4. The summed E-state index contributed by atoms with van der Waals surface area (Å²) in [6.07, 6.45) is 4.38. The van der Waals surface area contributed by atoms with Crippen molar-refractivity contribution in [3.8, 4) is 0 Å². The van der Waals surface area contributed by atoms with Crippen LogP contribution in [0.4, 0.5) is 0 Å². The summed E-state index contributed by atoms with van der Waals surface area (Å²) in [7, 11) is 2.11. The average Bonchev–Trinajstić information content (AvgIpc) is 2.93. The first-order valence-corrected chi connectivity index (χ1v) is 9.06. The molecule has 0 aromatic carbocycles. The van der Waals surface area contributed by atoms with Gasteiger partial charge in [-0.15, -0.1) is 11.3 Å². The molecule has 0 atom stereocenters. The molecule has 0 aliphatic heterocycles. The number of hydrogen-bond acceptors (Lipinski definition) is 3. The summed E-state index contributed by atoms with van der Waals surface area (Å²) in [5.74, 6) is 2.21. The summed E-state index contributed by atoms with van der Waals surface area (Å²) in [5, 5.41) is 5.50. The molecule has 0 aliphatic rings. The van der Waals surface area contributed by atoms with Gasteiger partial charge in [-0.3, -0.25) is 4.99 Å². The second kappa shape index (κ2) is 10.1. The Hall–Kier alpha value is -0.680. The third kappa shape index (κ3) is 6.87. The maximum atomic E-state index is 4.67. The molecular weight excluding hydrogens is 274 g/mol. The molecule has 1 heterocycles. The van der Waals surface area contributed by atoms with Crippen LogP contribution in [0.25, 0.3) is 0 Å². The fraction of sp³-hybridized carbons (Fsp3) is 0.643. The third-order valence-electron chi connectivity index (χ3n) is 2.74. The smallest absolute Gasteiger partial charge is 0.193 e. The molecule has 3 nitrogen and oxygen atoms in total. The normalized spacial score (nSPS) is 11.6. The lowest BCUT2D eigenvalue weighted by molar-refractivity contribution is 0.486. The molecule has 0 radical (unpaired) electrons. The summed E-state index contributed by atoms with van der Waals surface area (Å²) in [6.45, 7) is 4.95. The SMILES string of the molecule is CCNC(=NCCCSC)N(C)CCc1cccs1. The van der Waals surface area contributed by atoms with Gasteiger partial charge in [-0.05, 0) is 43.2 Å². The summed E-state index contributed by atoms with van der Waals surface area (Å²) in [4.78, 5) is 8.33. The van der Waals surface area contributed by atoms with Gasteiger partial charge in [-0.2, -0.15) is 11.8 Å². The Morgan fingerprint density at radius 3 is 3.00 bits per heavy atom. The van der Waals surface area contributed by atoms with Crippen molar-refractivity contribution in [2.24, 2.45) is 4.99 Å². The molecule has 1 aromatic heterocycles. The number of guanidine groups is 1. The van der Waals surface area contributed by atoms with Crippen molar-refractivity contribution >= 4 is 29.1 Å². The lowest BCUT2D eigenvalue weighted by Crippen LogP contribution is -2.40. The van der Waals surface area contributed by atoms with Gasteiger partial charge < -0.3 is 10.2 Å². The minimum absolute atomic E-state index is 0.909. The first-order valence-electron chi connectivity index (χ1n) is 6.78. The molecule has 5 heteroatoms. The van der Waals surface area contributed by atoms with Crippen LogP contribution in [0.15, 0.2) is 22.5 Å². The Bertz CT molecular complexity index is 350. The van der Waals surface area contributed by atoms with E-state index in [1.807, 2.05) is 23.1 Å². The number of rotatable bonds is 8. The molecule has 1 N–H and O–H groups in total. The zero-order valence-electron chi connectivity index (χ0n) is 12.2. The number of thioether (sulfide) groups is 1. The van der Waals surface area contributed by atoms with Crippen molar-refractivity contribution in [2.75, 3.05) is 38.7 Å². The second-order valence-corrected chi connectivity index (χ2v) is 6.35. The maximum absolute atomic E-state index is 4.67. The van der Waals surface area contributed by atoms with Crippen molar-refractivity contribution < 1.29 is 0 Å². The molecule has 0 saturated carbocycles. The van der Waals surface area contributed by atoms with E-state index in [-0.39, 0.29) is 0 Å². The highest BCUT2D eigenvalue weighted by Crippen LogP contribution is 2.09. The first-order chi connectivity index (χ1) is 9.27. The van der Waals surface area contributed by atoms with Gasteiger partial charge in [0.1, 0.15) is 0 Å². The lowest BCUT2D eigenvalue weighted by Gasteiger charge is -2.21. The van der Waals surface area contributed by atoms with E-state index in [0.29, 0.717) is 0 Å². The van der Waals surface area contributed by atoms with Crippen LogP contribution in [0.3, 0.4) is 0 Å². The third-order valence-corrected chi connectivity index (χ3v) is 4.37. The molecule has 1 rings (SSSR count). The van der Waals surface area contributed by atoms with E-state index in [0.717, 1.165) is 38.4 Å². The van der Waals surface area contributed by atoms with Crippen molar-refractivity contribution in [3.63, 3.8) is 0 Å². The van der Waals surface area contributed by atoms with E-state index in [1.165, 1.54) is 10.6 Å². The molecule has 19 heavy (non-hydrogen) atoms. The number of hydrogen-bond donors (Lipinski definition) is 1. The van der Waals surface area contributed by atoms with E-state index in [9.17, 15) is 0 Å². The topological polar surface area (TPSA) is 27.6 Å². The van der Waals surface area contributed by atoms with Crippen LogP contribution in [0.1, 0.15) is 18.2 Å². The van der Waals surface area contributed by atoms with Crippen LogP contribution in [-0.4, -0.2) is 49.6 Å². The Kier molecular flexibility index (Phi) is 8.75. The number of nitrogens with zero attached hydrogens (tertiary/aromatic N) is 2. The van der Waals surface area contributed by atoms with E-state index in [1.54, 1.807) is 0 Å². The number of thiophene rings is 1.